The summed E-state index contributed by atoms with van der Waals surface area (Å²) < 4.78 is 5.65. The Morgan fingerprint density at radius 3 is 2.78 bits per heavy atom. The van der Waals surface area contributed by atoms with Gasteiger partial charge in [0.2, 0.25) is 5.91 Å². The molecule has 5 heteroatoms. The number of ether oxygens (including phenoxy) is 1. The number of hydrogen-bond acceptors (Lipinski definition) is 3. The molecule has 0 saturated carbocycles. The predicted octanol–water partition coefficient (Wildman–Crippen LogP) is 2.73. The number of carboxylic acids is 1. The van der Waals surface area contributed by atoms with Crippen LogP contribution >= 0.6 is 0 Å². The Morgan fingerprint density at radius 1 is 1.39 bits per heavy atom. The molecular formula is C18H25NO4. The molecule has 1 amide bonds. The Labute approximate surface area is 137 Å². The van der Waals surface area contributed by atoms with Crippen LogP contribution in [0.3, 0.4) is 0 Å². The smallest absolute Gasteiger partial charge is 0.308 e. The first-order valence-corrected chi connectivity index (χ1v) is 8.16. The zero-order valence-electron chi connectivity index (χ0n) is 14.0. The van der Waals surface area contributed by atoms with Crippen LogP contribution in [0, 0.1) is 5.92 Å². The summed E-state index contributed by atoms with van der Waals surface area (Å²) in [5.74, 6) is -0.559. The summed E-state index contributed by atoms with van der Waals surface area (Å²) in [5, 5.41) is 9.26. The zero-order valence-corrected chi connectivity index (χ0v) is 14.0. The number of rotatable bonds is 5. The maximum Gasteiger partial charge on any atom is 0.308 e. The third kappa shape index (κ3) is 4.47. The van der Waals surface area contributed by atoms with Crippen molar-refractivity contribution in [1.82, 2.24) is 4.90 Å². The summed E-state index contributed by atoms with van der Waals surface area (Å²) in [4.78, 5) is 25.6. The monoisotopic (exact) mass is 319 g/mol. The molecular weight excluding hydrogens is 294 g/mol. The van der Waals surface area contributed by atoms with Crippen molar-refractivity contribution in [1.29, 1.82) is 0 Å². The molecule has 0 aliphatic carbocycles. The molecule has 2 rings (SSSR count). The van der Waals surface area contributed by atoms with Crippen LogP contribution in [0.25, 0.3) is 0 Å². The van der Waals surface area contributed by atoms with E-state index in [2.05, 4.69) is 0 Å². The molecule has 1 aromatic rings. The standard InChI is InChI=1S/C18H25NO4/c1-12(2)23-15-7-4-6-14(10-15)11-17(20)19-9-5-8-16(13(19)3)18(21)22/h4,6-7,10,12-13,16H,5,8-9,11H2,1-3H3,(H,21,22)/t13-,16-/m0/s1. The first kappa shape index (κ1) is 17.3. The van der Waals surface area contributed by atoms with E-state index in [1.807, 2.05) is 45.0 Å². The molecule has 0 aromatic heterocycles. The first-order valence-electron chi connectivity index (χ1n) is 8.16. The van der Waals surface area contributed by atoms with Gasteiger partial charge in [-0.25, -0.2) is 0 Å². The van der Waals surface area contributed by atoms with Crippen molar-refractivity contribution in [2.45, 2.75) is 52.2 Å². The highest BCUT2D eigenvalue weighted by atomic mass is 16.5. The van der Waals surface area contributed by atoms with Crippen LogP contribution in [0.1, 0.15) is 39.2 Å². The Hall–Kier alpha value is -2.04. The molecule has 126 valence electrons. The molecule has 1 aromatic carbocycles. The Kier molecular flexibility index (Phi) is 5.64. The number of likely N-dealkylation sites (tertiary alicyclic amines) is 1. The van der Waals surface area contributed by atoms with E-state index in [9.17, 15) is 14.7 Å². The molecule has 1 aliphatic heterocycles. The van der Waals surface area contributed by atoms with Crippen LogP contribution in [0.5, 0.6) is 5.75 Å². The highest BCUT2D eigenvalue weighted by Crippen LogP contribution is 2.25. The fraction of sp³-hybridized carbons (Fsp3) is 0.556. The molecule has 1 fully saturated rings. The van der Waals surface area contributed by atoms with Crippen molar-refractivity contribution >= 4 is 11.9 Å². The van der Waals surface area contributed by atoms with Gasteiger partial charge < -0.3 is 14.7 Å². The minimum Gasteiger partial charge on any atom is -0.491 e. The molecule has 0 spiro atoms. The van der Waals surface area contributed by atoms with Crippen molar-refractivity contribution in [3.05, 3.63) is 29.8 Å². The summed E-state index contributed by atoms with van der Waals surface area (Å²) >= 11 is 0. The Morgan fingerprint density at radius 2 is 2.13 bits per heavy atom. The fourth-order valence-electron chi connectivity index (χ4n) is 3.10. The molecule has 0 bridgehead atoms. The lowest BCUT2D eigenvalue weighted by Crippen LogP contribution is -2.49. The number of nitrogens with zero attached hydrogens (tertiary/aromatic N) is 1. The topological polar surface area (TPSA) is 66.8 Å². The molecule has 1 N–H and O–H groups in total. The highest BCUT2D eigenvalue weighted by Gasteiger charge is 2.35. The second kappa shape index (κ2) is 7.49. The van der Waals surface area contributed by atoms with E-state index < -0.39 is 11.9 Å². The van der Waals surface area contributed by atoms with Crippen LogP contribution in [0.2, 0.25) is 0 Å². The lowest BCUT2D eigenvalue weighted by molar-refractivity contribution is -0.148. The van der Waals surface area contributed by atoms with Gasteiger partial charge in [-0.05, 0) is 51.3 Å². The molecule has 0 radical (unpaired) electrons. The van der Waals surface area contributed by atoms with E-state index >= 15 is 0 Å². The van der Waals surface area contributed by atoms with Crippen molar-refractivity contribution in [2.75, 3.05) is 6.54 Å². The van der Waals surface area contributed by atoms with Gasteiger partial charge in [-0.15, -0.1) is 0 Å². The van der Waals surface area contributed by atoms with Crippen LogP contribution < -0.4 is 4.74 Å². The largest absolute Gasteiger partial charge is 0.491 e. The third-order valence-electron chi connectivity index (χ3n) is 4.25. The Bertz CT molecular complexity index is 570. The zero-order chi connectivity index (χ0) is 17.0. The van der Waals surface area contributed by atoms with Crippen molar-refractivity contribution in [3.63, 3.8) is 0 Å². The average Bonchev–Trinajstić information content (AvgIpc) is 2.46. The van der Waals surface area contributed by atoms with E-state index in [0.29, 0.717) is 13.0 Å². The summed E-state index contributed by atoms with van der Waals surface area (Å²) in [5.41, 5.74) is 0.887. The van der Waals surface area contributed by atoms with E-state index in [4.69, 9.17) is 4.74 Å². The number of aliphatic carboxylic acids is 1. The van der Waals surface area contributed by atoms with Gasteiger partial charge in [-0.3, -0.25) is 9.59 Å². The lowest BCUT2D eigenvalue weighted by Gasteiger charge is -2.37. The lowest BCUT2D eigenvalue weighted by atomic mass is 9.90. The van der Waals surface area contributed by atoms with Gasteiger partial charge in [0.05, 0.1) is 18.4 Å². The second-order valence-electron chi connectivity index (χ2n) is 6.41. The van der Waals surface area contributed by atoms with Crippen LogP contribution in [0.4, 0.5) is 0 Å². The molecule has 1 heterocycles. The highest BCUT2D eigenvalue weighted by molar-refractivity contribution is 5.80. The van der Waals surface area contributed by atoms with Gasteiger partial charge in [-0.2, -0.15) is 0 Å². The summed E-state index contributed by atoms with van der Waals surface area (Å²) in [6, 6.07) is 7.26. The number of carbonyl (C=O) groups excluding carboxylic acids is 1. The van der Waals surface area contributed by atoms with Crippen LogP contribution in [0.15, 0.2) is 24.3 Å². The summed E-state index contributed by atoms with van der Waals surface area (Å²) in [6.45, 7) is 6.37. The van der Waals surface area contributed by atoms with E-state index in [-0.39, 0.29) is 24.5 Å². The number of carboxylic acid groups (broad SMARTS) is 1. The number of amides is 1. The van der Waals surface area contributed by atoms with Gasteiger partial charge in [0.25, 0.3) is 0 Å². The van der Waals surface area contributed by atoms with Gasteiger partial charge in [0.1, 0.15) is 5.75 Å². The SMILES string of the molecule is CC(C)Oc1cccc(CC(=O)N2CCC[C@H](C(=O)O)[C@@H]2C)c1. The minimum absolute atomic E-state index is 0.0230. The normalized spacial score (nSPS) is 21.3. The van der Waals surface area contributed by atoms with E-state index in [1.54, 1.807) is 4.90 Å². The van der Waals surface area contributed by atoms with Gasteiger partial charge in [-0.1, -0.05) is 12.1 Å². The number of carbonyl (C=O) groups is 2. The fourth-order valence-corrected chi connectivity index (χ4v) is 3.10. The predicted molar refractivity (Wildman–Crippen MR) is 87.4 cm³/mol. The van der Waals surface area contributed by atoms with Crippen molar-refractivity contribution < 1.29 is 19.4 Å². The first-order chi connectivity index (χ1) is 10.9. The molecule has 1 aliphatic rings. The van der Waals surface area contributed by atoms with E-state index in [0.717, 1.165) is 17.7 Å². The average molecular weight is 319 g/mol. The number of hydrogen-bond donors (Lipinski definition) is 1. The van der Waals surface area contributed by atoms with Crippen LogP contribution in [-0.2, 0) is 16.0 Å². The second-order valence-corrected chi connectivity index (χ2v) is 6.41. The maximum atomic E-state index is 12.6. The molecule has 5 nitrogen and oxygen atoms in total. The van der Waals surface area contributed by atoms with Gasteiger partial charge in [0, 0.05) is 12.6 Å². The van der Waals surface area contributed by atoms with Gasteiger partial charge in [0.15, 0.2) is 0 Å². The number of piperidine rings is 1. The quantitative estimate of drug-likeness (QED) is 0.906. The number of benzene rings is 1. The summed E-state index contributed by atoms with van der Waals surface area (Å²) in [6.07, 6.45) is 1.73. The van der Waals surface area contributed by atoms with Crippen molar-refractivity contribution in [3.8, 4) is 5.75 Å². The van der Waals surface area contributed by atoms with Crippen molar-refractivity contribution in [2.24, 2.45) is 5.92 Å². The molecule has 23 heavy (non-hydrogen) atoms. The maximum absolute atomic E-state index is 12.6. The van der Waals surface area contributed by atoms with Crippen LogP contribution in [-0.4, -0.2) is 40.6 Å². The summed E-state index contributed by atoms with van der Waals surface area (Å²) in [7, 11) is 0. The third-order valence-corrected chi connectivity index (χ3v) is 4.25. The minimum atomic E-state index is -0.817. The Balaban J connectivity index is 2.05. The van der Waals surface area contributed by atoms with E-state index in [1.165, 1.54) is 0 Å². The van der Waals surface area contributed by atoms with Gasteiger partial charge >= 0.3 is 5.97 Å². The molecule has 0 unspecified atom stereocenters. The molecule has 2 atom stereocenters. The molecule has 1 saturated heterocycles.